The number of hydrogen-bond acceptors (Lipinski definition) is 8. The van der Waals surface area contributed by atoms with E-state index in [4.69, 9.17) is 13.9 Å². The summed E-state index contributed by atoms with van der Waals surface area (Å²) in [5, 5.41) is 6.62. The molecule has 38 heavy (non-hydrogen) atoms. The first-order valence-corrected chi connectivity index (χ1v) is 13.6. The van der Waals surface area contributed by atoms with Crippen LogP contribution in [0, 0.1) is 0 Å². The zero-order valence-electron chi connectivity index (χ0n) is 21.3. The Kier molecular flexibility index (Phi) is 9.88. The van der Waals surface area contributed by atoms with Crippen LogP contribution in [0.5, 0.6) is 11.5 Å². The van der Waals surface area contributed by atoms with Crippen molar-refractivity contribution in [2.75, 3.05) is 23.8 Å². The maximum atomic E-state index is 12.7. The minimum absolute atomic E-state index is 0.159. The molecule has 2 aromatic carbocycles. The molecule has 2 amide bonds. The smallest absolute Gasteiger partial charge is 0.263 e. The maximum absolute atomic E-state index is 12.7. The van der Waals surface area contributed by atoms with Gasteiger partial charge in [-0.1, -0.05) is 0 Å². The van der Waals surface area contributed by atoms with E-state index < -0.39 is 22.0 Å². The van der Waals surface area contributed by atoms with E-state index in [9.17, 15) is 18.0 Å². The van der Waals surface area contributed by atoms with Crippen molar-refractivity contribution >= 4 is 33.7 Å². The standard InChI is InChI=1S/C26H30N4O7S/c1-4-35-22-13-9-21(10-14-22)30(38(3,33)34)19(2)26(32)29-28-16-20-7-11-23(12-8-20)37-18-25(31)27-17-24-6-5-15-36-24/h5-16,19H,4,17-18H2,1-3H3,(H,27,31)(H,29,32)/b28-16+. The molecule has 202 valence electrons. The minimum Gasteiger partial charge on any atom is -0.494 e. The van der Waals surface area contributed by atoms with Gasteiger partial charge in [-0.2, -0.15) is 5.10 Å². The van der Waals surface area contributed by atoms with Crippen LogP contribution in [0.2, 0.25) is 0 Å². The third kappa shape index (κ3) is 8.37. The Balaban J connectivity index is 1.52. The summed E-state index contributed by atoms with van der Waals surface area (Å²) in [6.45, 7) is 3.91. The Bertz CT molecular complexity index is 1320. The SMILES string of the molecule is CCOc1ccc(N(C(C)C(=O)N/N=C/c2ccc(OCC(=O)NCc3ccco3)cc2)S(C)(=O)=O)cc1. The lowest BCUT2D eigenvalue weighted by molar-refractivity contribution is -0.123. The van der Waals surface area contributed by atoms with Crippen molar-refractivity contribution in [3.63, 3.8) is 0 Å². The fourth-order valence-electron chi connectivity index (χ4n) is 3.38. The second kappa shape index (κ2) is 13.3. The van der Waals surface area contributed by atoms with E-state index in [2.05, 4.69) is 15.8 Å². The third-order valence-corrected chi connectivity index (χ3v) is 6.41. The molecule has 1 heterocycles. The summed E-state index contributed by atoms with van der Waals surface area (Å²) in [7, 11) is -3.76. The van der Waals surface area contributed by atoms with Gasteiger partial charge in [-0.05, 0) is 80.1 Å². The molecule has 0 saturated heterocycles. The van der Waals surface area contributed by atoms with Gasteiger partial charge in [0.2, 0.25) is 10.0 Å². The molecule has 11 nitrogen and oxygen atoms in total. The van der Waals surface area contributed by atoms with Crippen molar-refractivity contribution in [1.29, 1.82) is 0 Å². The average molecular weight is 543 g/mol. The van der Waals surface area contributed by atoms with E-state index >= 15 is 0 Å². The van der Waals surface area contributed by atoms with Gasteiger partial charge < -0.3 is 19.2 Å². The third-order valence-electron chi connectivity index (χ3n) is 5.17. The molecule has 1 atom stereocenters. The van der Waals surface area contributed by atoms with Crippen molar-refractivity contribution in [3.05, 3.63) is 78.3 Å². The highest BCUT2D eigenvalue weighted by atomic mass is 32.2. The summed E-state index contributed by atoms with van der Waals surface area (Å²) in [6, 6.07) is 15.6. The molecule has 1 aromatic heterocycles. The predicted molar refractivity (Wildman–Crippen MR) is 143 cm³/mol. The molecule has 12 heteroatoms. The second-order valence-electron chi connectivity index (χ2n) is 8.11. The number of anilines is 1. The lowest BCUT2D eigenvalue weighted by Crippen LogP contribution is -2.46. The van der Waals surface area contributed by atoms with E-state index in [1.54, 1.807) is 60.7 Å². The van der Waals surface area contributed by atoms with Crippen molar-refractivity contribution < 1.29 is 31.9 Å². The number of carbonyl (C=O) groups is 2. The van der Waals surface area contributed by atoms with Gasteiger partial charge in [0.25, 0.3) is 11.8 Å². The molecular formula is C26H30N4O7S. The molecule has 0 bridgehead atoms. The van der Waals surface area contributed by atoms with Crippen LogP contribution in [-0.2, 0) is 26.2 Å². The van der Waals surface area contributed by atoms with E-state index in [0.29, 0.717) is 35.1 Å². The number of hydrazone groups is 1. The number of carbonyl (C=O) groups excluding carboxylic acids is 2. The zero-order chi connectivity index (χ0) is 27.5. The van der Waals surface area contributed by atoms with Crippen LogP contribution in [0.15, 0.2) is 76.4 Å². The molecule has 0 saturated carbocycles. The fourth-order valence-corrected chi connectivity index (χ4v) is 4.55. The highest BCUT2D eigenvalue weighted by molar-refractivity contribution is 7.92. The lowest BCUT2D eigenvalue weighted by atomic mass is 10.2. The van der Waals surface area contributed by atoms with Crippen LogP contribution in [0.3, 0.4) is 0 Å². The first-order valence-electron chi connectivity index (χ1n) is 11.7. The summed E-state index contributed by atoms with van der Waals surface area (Å²) in [6.07, 6.45) is 3.97. The van der Waals surface area contributed by atoms with Gasteiger partial charge in [-0.25, -0.2) is 13.8 Å². The lowest BCUT2D eigenvalue weighted by Gasteiger charge is -2.27. The van der Waals surface area contributed by atoms with Crippen molar-refractivity contribution in [2.45, 2.75) is 26.4 Å². The number of nitrogens with zero attached hydrogens (tertiary/aromatic N) is 2. The van der Waals surface area contributed by atoms with Gasteiger partial charge in [0.1, 0.15) is 23.3 Å². The number of hydrogen-bond donors (Lipinski definition) is 2. The van der Waals surface area contributed by atoms with Crippen LogP contribution in [0.4, 0.5) is 5.69 Å². The Morgan fingerprint density at radius 3 is 2.32 bits per heavy atom. The zero-order valence-corrected chi connectivity index (χ0v) is 22.1. The number of amides is 2. The van der Waals surface area contributed by atoms with Crippen LogP contribution < -0.4 is 24.5 Å². The summed E-state index contributed by atoms with van der Waals surface area (Å²) in [4.78, 5) is 24.6. The van der Waals surface area contributed by atoms with Crippen molar-refractivity contribution in [2.24, 2.45) is 5.10 Å². The van der Waals surface area contributed by atoms with E-state index in [1.807, 2.05) is 6.92 Å². The van der Waals surface area contributed by atoms with Crippen molar-refractivity contribution in [1.82, 2.24) is 10.7 Å². The van der Waals surface area contributed by atoms with Crippen molar-refractivity contribution in [3.8, 4) is 11.5 Å². The topological polar surface area (TPSA) is 140 Å². The van der Waals surface area contributed by atoms with Crippen LogP contribution >= 0.6 is 0 Å². The minimum atomic E-state index is -3.76. The molecule has 0 fully saturated rings. The molecule has 0 radical (unpaired) electrons. The van der Waals surface area contributed by atoms with Gasteiger partial charge in [0, 0.05) is 0 Å². The predicted octanol–water partition coefficient (Wildman–Crippen LogP) is 2.68. The van der Waals surface area contributed by atoms with Gasteiger partial charge in [0.15, 0.2) is 6.61 Å². The molecule has 0 aliphatic heterocycles. The molecule has 0 spiro atoms. The Morgan fingerprint density at radius 2 is 1.71 bits per heavy atom. The monoisotopic (exact) mass is 542 g/mol. The average Bonchev–Trinajstić information content (AvgIpc) is 3.41. The first-order chi connectivity index (χ1) is 18.2. The Hall–Kier alpha value is -4.32. The van der Waals surface area contributed by atoms with E-state index in [0.717, 1.165) is 10.6 Å². The molecule has 1 unspecified atom stereocenters. The van der Waals surface area contributed by atoms with Gasteiger partial charge in [-0.15, -0.1) is 0 Å². The van der Waals surface area contributed by atoms with Crippen LogP contribution in [-0.4, -0.2) is 52.0 Å². The number of furan rings is 1. The van der Waals surface area contributed by atoms with Gasteiger partial charge in [-0.3, -0.25) is 13.9 Å². The summed E-state index contributed by atoms with van der Waals surface area (Å²) in [5.41, 5.74) is 3.35. The number of benzene rings is 2. The molecular weight excluding hydrogens is 512 g/mol. The summed E-state index contributed by atoms with van der Waals surface area (Å²) in [5.74, 6) is 0.810. The number of ether oxygens (including phenoxy) is 2. The number of sulfonamides is 1. The molecule has 0 aliphatic rings. The first kappa shape index (κ1) is 28.3. The molecule has 3 aromatic rings. The maximum Gasteiger partial charge on any atom is 0.263 e. The molecule has 3 rings (SSSR count). The fraction of sp³-hybridized carbons (Fsp3) is 0.269. The van der Waals surface area contributed by atoms with E-state index in [-0.39, 0.29) is 19.1 Å². The number of rotatable bonds is 13. The van der Waals surface area contributed by atoms with Crippen LogP contribution in [0.25, 0.3) is 0 Å². The highest BCUT2D eigenvalue weighted by Gasteiger charge is 2.29. The Labute approximate surface area is 221 Å². The highest BCUT2D eigenvalue weighted by Crippen LogP contribution is 2.24. The quantitative estimate of drug-likeness (QED) is 0.250. The summed E-state index contributed by atoms with van der Waals surface area (Å²) < 4.78 is 41.9. The molecule has 2 N–H and O–H groups in total. The van der Waals surface area contributed by atoms with Gasteiger partial charge in [0.05, 0.1) is 37.6 Å². The number of nitrogens with one attached hydrogen (secondary N) is 2. The van der Waals surface area contributed by atoms with Crippen LogP contribution in [0.1, 0.15) is 25.2 Å². The normalized spacial score (nSPS) is 12.1. The van der Waals surface area contributed by atoms with Gasteiger partial charge >= 0.3 is 0 Å². The second-order valence-corrected chi connectivity index (χ2v) is 9.97. The van der Waals surface area contributed by atoms with E-state index in [1.165, 1.54) is 19.4 Å². The largest absolute Gasteiger partial charge is 0.494 e. The Morgan fingerprint density at radius 1 is 1.05 bits per heavy atom. The summed E-state index contributed by atoms with van der Waals surface area (Å²) >= 11 is 0. The molecule has 0 aliphatic carbocycles.